The molecule has 0 radical (unpaired) electrons. The molecule has 1 N–H and O–H groups in total. The van der Waals surface area contributed by atoms with Crippen LogP contribution in [0.2, 0.25) is 0 Å². The zero-order valence-corrected chi connectivity index (χ0v) is 13.9. The molecule has 1 aromatic rings. The maximum atomic E-state index is 12.2. The molecule has 0 bridgehead atoms. The molecule has 1 rings (SSSR count). The molecule has 0 amide bonds. The van der Waals surface area contributed by atoms with Gasteiger partial charge in [-0.1, -0.05) is 28.1 Å². The average Bonchev–Trinajstić information content (AvgIpc) is 2.44. The normalized spacial score (nSPS) is 14.9. The van der Waals surface area contributed by atoms with E-state index in [1.807, 2.05) is 6.92 Å². The molecule has 6 nitrogen and oxygen atoms in total. The van der Waals surface area contributed by atoms with Gasteiger partial charge < -0.3 is 0 Å². The zero-order valence-electron chi connectivity index (χ0n) is 9.90. The highest BCUT2D eigenvalue weighted by Gasteiger charge is 2.33. The average molecular weight is 390 g/mol. The number of aryl methyl sites for hydroxylation is 1. The second-order valence-electron chi connectivity index (χ2n) is 4.25. The number of nitrogens with one attached hydrogen (secondary N) is 1. The van der Waals surface area contributed by atoms with Gasteiger partial charge >= 0.3 is 0 Å². The molecule has 0 fully saturated rings. The molecule has 1 aromatic heterocycles. The standard InChI is InChI=1S/C8H14Br2N4O2S/c1-5(9)8(2,3)12-17(15,16)7-6(10)11-13-14(7)4/h5,12H,1-4H3. The fraction of sp³-hybridized carbons (Fsp3) is 0.750. The lowest BCUT2D eigenvalue weighted by Crippen LogP contribution is -2.49. The summed E-state index contributed by atoms with van der Waals surface area (Å²) in [6, 6.07) is 0. The van der Waals surface area contributed by atoms with Gasteiger partial charge in [-0.15, -0.1) is 5.10 Å². The highest BCUT2D eigenvalue weighted by molar-refractivity contribution is 9.10. The van der Waals surface area contributed by atoms with Crippen molar-refractivity contribution in [2.45, 2.75) is 36.2 Å². The molecule has 0 aliphatic carbocycles. The third kappa shape index (κ3) is 3.27. The number of sulfonamides is 1. The number of rotatable bonds is 4. The van der Waals surface area contributed by atoms with Crippen molar-refractivity contribution in [2.24, 2.45) is 7.05 Å². The van der Waals surface area contributed by atoms with Crippen LogP contribution in [0.5, 0.6) is 0 Å². The summed E-state index contributed by atoms with van der Waals surface area (Å²) in [5.41, 5.74) is -0.622. The molecule has 1 heterocycles. The molecule has 17 heavy (non-hydrogen) atoms. The Balaban J connectivity index is 3.15. The summed E-state index contributed by atoms with van der Waals surface area (Å²) in [6.07, 6.45) is 0. The van der Waals surface area contributed by atoms with Gasteiger partial charge in [0.2, 0.25) is 5.03 Å². The van der Waals surface area contributed by atoms with Crippen LogP contribution in [0.1, 0.15) is 20.8 Å². The van der Waals surface area contributed by atoms with E-state index in [4.69, 9.17) is 0 Å². The van der Waals surface area contributed by atoms with E-state index in [0.29, 0.717) is 0 Å². The Hall–Kier alpha value is 0.0100. The summed E-state index contributed by atoms with van der Waals surface area (Å²) in [5.74, 6) is 0. The van der Waals surface area contributed by atoms with E-state index in [1.165, 1.54) is 11.7 Å². The van der Waals surface area contributed by atoms with E-state index >= 15 is 0 Å². The summed E-state index contributed by atoms with van der Waals surface area (Å²) < 4.78 is 28.4. The van der Waals surface area contributed by atoms with E-state index in [9.17, 15) is 8.42 Å². The predicted molar refractivity (Wildman–Crippen MR) is 71.5 cm³/mol. The van der Waals surface area contributed by atoms with Gasteiger partial charge in [-0.25, -0.2) is 17.8 Å². The number of aromatic nitrogens is 3. The summed E-state index contributed by atoms with van der Waals surface area (Å²) in [6.45, 7) is 5.46. The van der Waals surface area contributed by atoms with Crippen LogP contribution in [0.25, 0.3) is 0 Å². The summed E-state index contributed by atoms with van der Waals surface area (Å²) >= 11 is 6.44. The minimum Gasteiger partial charge on any atom is -0.235 e. The first-order valence-corrected chi connectivity index (χ1v) is 8.00. The third-order valence-corrected chi connectivity index (χ3v) is 6.09. The molecular weight excluding hydrogens is 376 g/mol. The van der Waals surface area contributed by atoms with Crippen LogP contribution in [0, 0.1) is 0 Å². The maximum absolute atomic E-state index is 12.2. The van der Waals surface area contributed by atoms with Crippen LogP contribution in [0.4, 0.5) is 0 Å². The van der Waals surface area contributed by atoms with Crippen LogP contribution in [-0.2, 0) is 17.1 Å². The minimum absolute atomic E-state index is 0.0127. The van der Waals surface area contributed by atoms with Gasteiger partial charge in [-0.3, -0.25) is 0 Å². The van der Waals surface area contributed by atoms with E-state index in [2.05, 4.69) is 46.9 Å². The van der Waals surface area contributed by atoms with Crippen LogP contribution in [0.3, 0.4) is 0 Å². The van der Waals surface area contributed by atoms with Crippen LogP contribution in [0.15, 0.2) is 9.63 Å². The second kappa shape index (κ2) is 4.94. The lowest BCUT2D eigenvalue weighted by molar-refractivity contribution is 0.449. The fourth-order valence-corrected chi connectivity index (χ4v) is 3.93. The summed E-state index contributed by atoms with van der Waals surface area (Å²) in [5, 5.41) is 7.31. The molecule has 0 saturated heterocycles. The van der Waals surface area contributed by atoms with E-state index in [1.54, 1.807) is 13.8 Å². The van der Waals surface area contributed by atoms with Crippen molar-refractivity contribution in [3.8, 4) is 0 Å². The van der Waals surface area contributed by atoms with Gasteiger partial charge in [0.15, 0.2) is 4.60 Å². The van der Waals surface area contributed by atoms with Crippen molar-refractivity contribution < 1.29 is 8.42 Å². The Morgan fingerprint density at radius 1 is 1.47 bits per heavy atom. The lowest BCUT2D eigenvalue weighted by atomic mass is 10.0. The smallest absolute Gasteiger partial charge is 0.235 e. The van der Waals surface area contributed by atoms with Crippen molar-refractivity contribution in [1.29, 1.82) is 0 Å². The first-order chi connectivity index (χ1) is 7.58. The van der Waals surface area contributed by atoms with Gasteiger partial charge in [0.1, 0.15) is 0 Å². The Kier molecular flexibility index (Phi) is 4.38. The SMILES string of the molecule is CC(Br)C(C)(C)NS(=O)(=O)c1c(Br)nnn1C. The van der Waals surface area contributed by atoms with Gasteiger partial charge in [-0.05, 0) is 29.8 Å². The van der Waals surface area contributed by atoms with Crippen molar-refractivity contribution in [2.75, 3.05) is 0 Å². The summed E-state index contributed by atoms with van der Waals surface area (Å²) in [4.78, 5) is -0.0234. The van der Waals surface area contributed by atoms with E-state index in [0.717, 1.165) is 0 Å². The summed E-state index contributed by atoms with van der Waals surface area (Å²) in [7, 11) is -2.15. The molecule has 1 atom stereocenters. The van der Waals surface area contributed by atoms with Gasteiger partial charge in [0, 0.05) is 17.4 Å². The van der Waals surface area contributed by atoms with Crippen molar-refractivity contribution in [1.82, 2.24) is 19.7 Å². The van der Waals surface area contributed by atoms with Crippen molar-refractivity contribution >= 4 is 41.9 Å². The van der Waals surface area contributed by atoms with E-state index < -0.39 is 15.6 Å². The Bertz CT molecular complexity index is 490. The molecule has 1 unspecified atom stereocenters. The monoisotopic (exact) mass is 388 g/mol. The number of hydrogen-bond acceptors (Lipinski definition) is 4. The number of alkyl halides is 1. The Morgan fingerprint density at radius 2 is 2.00 bits per heavy atom. The molecule has 0 aliphatic heterocycles. The molecule has 98 valence electrons. The highest BCUT2D eigenvalue weighted by atomic mass is 79.9. The molecule has 0 aliphatic rings. The largest absolute Gasteiger partial charge is 0.261 e. The number of halogens is 2. The quantitative estimate of drug-likeness (QED) is 0.790. The molecular formula is C8H14Br2N4O2S. The van der Waals surface area contributed by atoms with Gasteiger partial charge in [0.05, 0.1) is 0 Å². The maximum Gasteiger partial charge on any atom is 0.261 e. The topological polar surface area (TPSA) is 76.9 Å². The van der Waals surface area contributed by atoms with Gasteiger partial charge in [0.25, 0.3) is 10.0 Å². The van der Waals surface area contributed by atoms with Crippen LogP contribution < -0.4 is 4.72 Å². The second-order valence-corrected chi connectivity index (χ2v) is 7.97. The first kappa shape index (κ1) is 15.1. The van der Waals surface area contributed by atoms with Crippen molar-refractivity contribution in [3.05, 3.63) is 4.60 Å². The fourth-order valence-electron chi connectivity index (χ4n) is 1.08. The molecule has 9 heteroatoms. The van der Waals surface area contributed by atoms with Gasteiger partial charge in [-0.2, -0.15) is 0 Å². The first-order valence-electron chi connectivity index (χ1n) is 4.81. The third-order valence-electron chi connectivity index (χ3n) is 2.38. The Labute approximate surface area is 117 Å². The van der Waals surface area contributed by atoms with Crippen LogP contribution in [-0.4, -0.2) is 33.8 Å². The number of hydrogen-bond donors (Lipinski definition) is 1. The Morgan fingerprint density at radius 3 is 2.35 bits per heavy atom. The van der Waals surface area contributed by atoms with E-state index in [-0.39, 0.29) is 14.5 Å². The molecule has 0 aromatic carbocycles. The molecule has 0 saturated carbocycles. The predicted octanol–water partition coefficient (Wildman–Crippen LogP) is 1.42. The number of nitrogens with zero attached hydrogens (tertiary/aromatic N) is 3. The highest BCUT2D eigenvalue weighted by Crippen LogP contribution is 2.23. The lowest BCUT2D eigenvalue weighted by Gasteiger charge is -2.28. The zero-order chi connectivity index (χ0) is 13.4. The van der Waals surface area contributed by atoms with Crippen molar-refractivity contribution in [3.63, 3.8) is 0 Å². The van der Waals surface area contributed by atoms with Crippen LogP contribution >= 0.6 is 31.9 Å². The minimum atomic E-state index is -3.67. The molecule has 0 spiro atoms.